The number of non-ortho nitro benzene ring substituents is 2. The van der Waals surface area contributed by atoms with Crippen LogP contribution < -0.4 is 5.73 Å². The number of nitrogen functional groups attached to an aromatic ring is 1. The number of carbonyl (C=O) groups excluding carboxylic acids is 5. The predicted molar refractivity (Wildman–Crippen MR) is 260 cm³/mol. The number of rotatable bonds is 13. The van der Waals surface area contributed by atoms with E-state index in [1.165, 1.54) is 38.1 Å². The van der Waals surface area contributed by atoms with E-state index in [0.29, 0.717) is 33.5 Å². The number of nitrogens with zero attached hydrogens (tertiary/aromatic N) is 2. The lowest BCUT2D eigenvalue weighted by Crippen LogP contribution is -2.22. The Kier molecular flexibility index (Phi) is 45.9. The Labute approximate surface area is 398 Å². The fourth-order valence-electron chi connectivity index (χ4n) is 4.62. The number of esters is 2. The second-order valence-corrected chi connectivity index (χ2v) is 12.4. The number of benzene rings is 5. The standard InChI is InChI=1S/C17H15NO5.C11H12O3.C9H11NO.C6H4FNO2.3CH3F.3CH4.B/c1-12(19)16(14-7-9-15(10-8-14)18(21)22)17(20)23-11-13-5-3-2-4-6-13;1-9(12)7-11(13)14-8-10-5-3-2-4-6-10;1-7(11)6-8-2-4-9(10)5-3-8;7-5-1-3-6(4-2-5)8(9)10;3*1-2;;;;/h2-10,16H,11H2,1H3;2-6H,7-8H2,1H3;2-5H,6,10H2,1H3;1-4H;3*1H3;3*1H4;. The fraction of sp³-hybridized carbons (Fsp3) is 0.286. The van der Waals surface area contributed by atoms with Crippen LogP contribution in [0, 0.1) is 26.0 Å². The maximum Gasteiger partial charge on any atom is 0.321 e. The van der Waals surface area contributed by atoms with E-state index in [1.807, 2.05) is 72.8 Å². The number of carbonyl (C=O) groups is 5. The summed E-state index contributed by atoms with van der Waals surface area (Å²) in [5, 5.41) is 20.7. The summed E-state index contributed by atoms with van der Waals surface area (Å²) in [4.78, 5) is 75.7. The molecular formula is C49H63BF4N3O11. The molecule has 0 saturated carbocycles. The predicted octanol–water partition coefficient (Wildman–Crippen LogP) is 11.1. The molecule has 19 heteroatoms. The smallest absolute Gasteiger partial charge is 0.321 e. The first-order valence-corrected chi connectivity index (χ1v) is 18.6. The summed E-state index contributed by atoms with van der Waals surface area (Å²) in [6, 6.07) is 35.5. The lowest BCUT2D eigenvalue weighted by Gasteiger charge is -2.13. The van der Waals surface area contributed by atoms with Gasteiger partial charge in [-0.15, -0.1) is 0 Å². The minimum Gasteiger partial charge on any atom is -0.460 e. The molecule has 5 aromatic carbocycles. The summed E-state index contributed by atoms with van der Waals surface area (Å²) in [6.45, 7) is 4.53. The molecule has 0 fully saturated rings. The van der Waals surface area contributed by atoms with E-state index >= 15 is 0 Å². The Bertz CT molecular complexity index is 2140. The minimum atomic E-state index is -1.08. The van der Waals surface area contributed by atoms with Crippen LogP contribution in [0.1, 0.15) is 77.6 Å². The van der Waals surface area contributed by atoms with Crippen molar-refractivity contribution in [2.75, 3.05) is 27.3 Å². The molecule has 3 radical (unpaired) electrons. The molecule has 2 N–H and O–H groups in total. The third-order valence-electron chi connectivity index (χ3n) is 7.41. The molecule has 0 spiro atoms. The highest BCUT2D eigenvalue weighted by molar-refractivity contribution is 6.03. The molecule has 68 heavy (non-hydrogen) atoms. The third-order valence-corrected chi connectivity index (χ3v) is 7.41. The van der Waals surface area contributed by atoms with E-state index in [0.717, 1.165) is 46.6 Å². The number of anilines is 1. The zero-order chi connectivity index (χ0) is 49.0. The van der Waals surface area contributed by atoms with Crippen LogP contribution in [-0.4, -0.2) is 69.1 Å². The van der Waals surface area contributed by atoms with Crippen LogP contribution in [0.3, 0.4) is 0 Å². The summed E-state index contributed by atoms with van der Waals surface area (Å²) in [6.07, 6.45) is 0.354. The fourth-order valence-corrected chi connectivity index (χ4v) is 4.62. The quantitative estimate of drug-likeness (QED) is 0.0222. The SMILES string of the molecule is C.C.C.CC(=O)C(C(=O)OCc1ccccc1)c1ccc([N+](=O)[O-])cc1.CC(=O)CC(=O)OCc1ccccc1.CC(=O)Cc1ccc(N)cc1.CF.CF.CF.O=[N+]([O-])c1ccc(F)cc1.[B]. The molecule has 0 aliphatic rings. The topological polar surface area (TPSA) is 216 Å². The first kappa shape index (κ1) is 72.0. The molecule has 0 saturated heterocycles. The van der Waals surface area contributed by atoms with Crippen molar-refractivity contribution in [2.45, 2.75) is 75.0 Å². The number of halogens is 4. The lowest BCUT2D eigenvalue weighted by atomic mass is 9.95. The van der Waals surface area contributed by atoms with Crippen LogP contribution in [0.2, 0.25) is 0 Å². The summed E-state index contributed by atoms with van der Waals surface area (Å²) in [5.74, 6) is -3.07. The molecule has 0 aliphatic carbocycles. The van der Waals surface area contributed by atoms with Crippen LogP contribution in [0.5, 0.6) is 0 Å². The largest absolute Gasteiger partial charge is 0.460 e. The van der Waals surface area contributed by atoms with Crippen molar-refractivity contribution in [3.63, 3.8) is 0 Å². The summed E-state index contributed by atoms with van der Waals surface area (Å²) in [7, 11) is 1.50. The summed E-state index contributed by atoms with van der Waals surface area (Å²) < 4.78 is 50.7. The first-order chi connectivity index (χ1) is 30.5. The Balaban J connectivity index is -0.000000187. The highest BCUT2D eigenvalue weighted by atomic mass is 19.1. The van der Waals surface area contributed by atoms with E-state index in [9.17, 15) is 61.8 Å². The van der Waals surface area contributed by atoms with Gasteiger partial charge in [-0.05, 0) is 67.3 Å². The van der Waals surface area contributed by atoms with Gasteiger partial charge in [-0.25, -0.2) is 4.39 Å². The highest BCUT2D eigenvalue weighted by Gasteiger charge is 2.27. The summed E-state index contributed by atoms with van der Waals surface area (Å²) >= 11 is 0. The first-order valence-electron chi connectivity index (χ1n) is 18.6. The van der Waals surface area contributed by atoms with Gasteiger partial charge in [0, 0.05) is 44.8 Å². The van der Waals surface area contributed by atoms with Crippen molar-refractivity contribution >= 4 is 54.8 Å². The molecular weight excluding hydrogens is 893 g/mol. The van der Waals surface area contributed by atoms with Gasteiger partial charge in [-0.3, -0.25) is 57.4 Å². The van der Waals surface area contributed by atoms with Gasteiger partial charge in [-0.1, -0.05) is 107 Å². The number of nitro benzene ring substituents is 2. The van der Waals surface area contributed by atoms with Crippen molar-refractivity contribution in [1.82, 2.24) is 0 Å². The van der Waals surface area contributed by atoms with E-state index in [1.54, 1.807) is 19.1 Å². The Morgan fingerprint density at radius 1 is 0.559 bits per heavy atom. The number of hydrogen-bond donors (Lipinski definition) is 1. The van der Waals surface area contributed by atoms with Crippen molar-refractivity contribution in [1.29, 1.82) is 0 Å². The Morgan fingerprint density at radius 3 is 1.29 bits per heavy atom. The molecule has 1 atom stereocenters. The normalized spacial score (nSPS) is 9.03. The van der Waals surface area contributed by atoms with Crippen LogP contribution in [0.4, 0.5) is 34.6 Å². The van der Waals surface area contributed by atoms with Crippen molar-refractivity contribution < 1.29 is 60.9 Å². The monoisotopic (exact) mass is 956 g/mol. The van der Waals surface area contributed by atoms with E-state index in [2.05, 4.69) is 0 Å². The number of hydrogen-bond acceptors (Lipinski definition) is 12. The Hall–Kier alpha value is -7.57. The average Bonchev–Trinajstić information content (AvgIpc) is 3.29. The van der Waals surface area contributed by atoms with Crippen LogP contribution in [0.15, 0.2) is 133 Å². The van der Waals surface area contributed by atoms with Gasteiger partial charge in [0.25, 0.3) is 11.4 Å². The second kappa shape index (κ2) is 43.3. The lowest BCUT2D eigenvalue weighted by molar-refractivity contribution is -0.385. The van der Waals surface area contributed by atoms with Crippen molar-refractivity contribution in [3.05, 3.63) is 182 Å². The van der Waals surface area contributed by atoms with Gasteiger partial charge in [0.05, 0.1) is 31.4 Å². The number of alkyl halides is 3. The number of nitro groups is 2. The number of ketones is 3. The van der Waals surface area contributed by atoms with Gasteiger partial charge in [0.15, 0.2) is 0 Å². The molecule has 5 rings (SSSR count). The average molecular weight is 957 g/mol. The van der Waals surface area contributed by atoms with Crippen LogP contribution in [-0.2, 0) is 53.1 Å². The van der Waals surface area contributed by atoms with Crippen molar-refractivity contribution in [3.8, 4) is 0 Å². The molecule has 0 aliphatic heterocycles. The number of Topliss-reactive ketones (excluding diaryl/α,β-unsaturated/α-hetero) is 3. The number of ether oxygens (including phenoxy) is 2. The zero-order valence-electron chi connectivity index (χ0n) is 36.7. The minimum absolute atomic E-state index is 0. The molecule has 1 unspecified atom stereocenters. The van der Waals surface area contributed by atoms with Gasteiger partial charge in [0.1, 0.15) is 48.7 Å². The van der Waals surface area contributed by atoms with Crippen LogP contribution >= 0.6 is 0 Å². The van der Waals surface area contributed by atoms with E-state index in [4.69, 9.17) is 15.2 Å². The molecule has 0 heterocycles. The van der Waals surface area contributed by atoms with Crippen LogP contribution in [0.25, 0.3) is 0 Å². The maximum atomic E-state index is 12.2. The van der Waals surface area contributed by atoms with Gasteiger partial charge in [0.2, 0.25) is 0 Å². The van der Waals surface area contributed by atoms with Gasteiger partial charge in [-0.2, -0.15) is 0 Å². The van der Waals surface area contributed by atoms with Crippen molar-refractivity contribution in [2.24, 2.45) is 0 Å². The maximum absolute atomic E-state index is 12.2. The second-order valence-electron chi connectivity index (χ2n) is 12.4. The van der Waals surface area contributed by atoms with Gasteiger partial charge >= 0.3 is 11.9 Å². The zero-order valence-corrected chi connectivity index (χ0v) is 36.7. The third kappa shape index (κ3) is 33.0. The Morgan fingerprint density at radius 2 is 0.941 bits per heavy atom. The van der Waals surface area contributed by atoms with E-state index in [-0.39, 0.29) is 79.1 Å². The highest BCUT2D eigenvalue weighted by Crippen LogP contribution is 2.22. The number of nitrogens with two attached hydrogens (primary N) is 1. The molecule has 5 aromatic rings. The summed E-state index contributed by atoms with van der Waals surface area (Å²) in [5.41, 5.74) is 9.14. The molecule has 0 aromatic heterocycles. The molecule has 371 valence electrons. The van der Waals surface area contributed by atoms with E-state index < -0.39 is 33.5 Å². The van der Waals surface area contributed by atoms with Gasteiger partial charge < -0.3 is 15.2 Å². The molecule has 0 amide bonds. The molecule has 14 nitrogen and oxygen atoms in total. The molecule has 0 bridgehead atoms.